The maximum atomic E-state index is 12.5. The lowest BCUT2D eigenvalue weighted by Gasteiger charge is -2.19. The third kappa shape index (κ3) is 4.98. The van der Waals surface area contributed by atoms with Gasteiger partial charge in [0.1, 0.15) is 6.54 Å². The molecule has 3 aromatic rings. The molecular formula is C21H23N5O3. The molecule has 29 heavy (non-hydrogen) atoms. The van der Waals surface area contributed by atoms with Gasteiger partial charge in [-0.25, -0.2) is 4.79 Å². The number of aryl methyl sites for hydroxylation is 3. The average Bonchev–Trinajstić information content (AvgIpc) is 3.11. The van der Waals surface area contributed by atoms with Crippen molar-refractivity contribution in [2.45, 2.75) is 20.8 Å². The monoisotopic (exact) mass is 393 g/mol. The third-order valence-corrected chi connectivity index (χ3v) is 4.37. The second-order valence-corrected chi connectivity index (χ2v) is 6.82. The van der Waals surface area contributed by atoms with Gasteiger partial charge in [0.15, 0.2) is 0 Å². The summed E-state index contributed by atoms with van der Waals surface area (Å²) >= 11 is 0. The molecule has 0 aliphatic rings. The molecule has 150 valence electrons. The maximum Gasteiger partial charge on any atom is 0.322 e. The Bertz CT molecular complexity index is 1020. The summed E-state index contributed by atoms with van der Waals surface area (Å²) in [4.78, 5) is 30.3. The van der Waals surface area contributed by atoms with Crippen LogP contribution in [-0.2, 0) is 4.79 Å². The number of likely N-dealkylation sites (N-methyl/N-ethyl adjacent to an activating group) is 1. The number of para-hydroxylation sites is 1. The number of anilines is 2. The van der Waals surface area contributed by atoms with Crippen LogP contribution in [0.15, 0.2) is 47.0 Å². The predicted molar refractivity (Wildman–Crippen MR) is 111 cm³/mol. The third-order valence-electron chi connectivity index (χ3n) is 4.37. The van der Waals surface area contributed by atoms with Gasteiger partial charge in [-0.3, -0.25) is 4.79 Å². The van der Waals surface area contributed by atoms with Crippen LogP contribution >= 0.6 is 0 Å². The van der Waals surface area contributed by atoms with Crippen LogP contribution in [0.5, 0.6) is 0 Å². The first-order valence-corrected chi connectivity index (χ1v) is 9.12. The molecule has 0 fully saturated rings. The van der Waals surface area contributed by atoms with Crippen molar-refractivity contribution in [3.63, 3.8) is 0 Å². The first kappa shape index (κ1) is 20.1. The maximum absolute atomic E-state index is 12.5. The van der Waals surface area contributed by atoms with Gasteiger partial charge in [-0.1, -0.05) is 35.5 Å². The molecule has 8 nitrogen and oxygen atoms in total. The van der Waals surface area contributed by atoms with E-state index >= 15 is 0 Å². The van der Waals surface area contributed by atoms with Crippen molar-refractivity contribution in [1.29, 1.82) is 0 Å². The average molecular weight is 393 g/mol. The standard InChI is InChI=1S/C21H23N5O3/c1-13-7-5-8-14(2)19(13)24-18(27)12-26(4)21(28)23-17-10-6-9-16(11-17)20-22-15(3)29-25-20/h5-11H,12H2,1-4H3,(H,23,28)(H,24,27). The molecule has 8 heteroatoms. The summed E-state index contributed by atoms with van der Waals surface area (Å²) < 4.78 is 4.99. The fraction of sp³-hybridized carbons (Fsp3) is 0.238. The van der Waals surface area contributed by atoms with E-state index in [0.717, 1.165) is 22.4 Å². The summed E-state index contributed by atoms with van der Waals surface area (Å²) in [6.45, 7) is 5.48. The zero-order valence-corrected chi connectivity index (χ0v) is 16.8. The van der Waals surface area contributed by atoms with E-state index in [0.29, 0.717) is 17.4 Å². The van der Waals surface area contributed by atoms with Crippen LogP contribution in [0, 0.1) is 20.8 Å². The number of aromatic nitrogens is 2. The summed E-state index contributed by atoms with van der Waals surface area (Å²) in [5.74, 6) is 0.639. The van der Waals surface area contributed by atoms with Crippen LogP contribution in [-0.4, -0.2) is 40.6 Å². The van der Waals surface area contributed by atoms with Crippen molar-refractivity contribution >= 4 is 23.3 Å². The Labute approximate surface area is 168 Å². The van der Waals surface area contributed by atoms with Gasteiger partial charge in [0.2, 0.25) is 17.6 Å². The summed E-state index contributed by atoms with van der Waals surface area (Å²) in [6.07, 6.45) is 0. The molecule has 1 heterocycles. The Morgan fingerprint density at radius 3 is 2.38 bits per heavy atom. The Balaban J connectivity index is 1.61. The number of nitrogens with zero attached hydrogens (tertiary/aromatic N) is 3. The smallest absolute Gasteiger partial charge is 0.322 e. The van der Waals surface area contributed by atoms with Gasteiger partial charge < -0.3 is 20.1 Å². The highest BCUT2D eigenvalue weighted by Crippen LogP contribution is 2.21. The fourth-order valence-corrected chi connectivity index (χ4v) is 2.85. The number of hydrogen-bond acceptors (Lipinski definition) is 5. The van der Waals surface area contributed by atoms with Crippen molar-refractivity contribution in [2.75, 3.05) is 24.2 Å². The Hall–Kier alpha value is -3.68. The second-order valence-electron chi connectivity index (χ2n) is 6.82. The van der Waals surface area contributed by atoms with Crippen molar-refractivity contribution in [3.8, 4) is 11.4 Å². The van der Waals surface area contributed by atoms with Crippen LogP contribution in [0.3, 0.4) is 0 Å². The van der Waals surface area contributed by atoms with Gasteiger partial charge in [0.25, 0.3) is 0 Å². The lowest BCUT2D eigenvalue weighted by molar-refractivity contribution is -0.116. The van der Waals surface area contributed by atoms with Crippen LogP contribution in [0.1, 0.15) is 17.0 Å². The minimum Gasteiger partial charge on any atom is -0.339 e. The van der Waals surface area contributed by atoms with Gasteiger partial charge >= 0.3 is 6.03 Å². The highest BCUT2D eigenvalue weighted by atomic mass is 16.5. The molecule has 0 bridgehead atoms. The first-order chi connectivity index (χ1) is 13.8. The summed E-state index contributed by atoms with van der Waals surface area (Å²) in [5, 5.41) is 9.52. The number of carbonyl (C=O) groups is 2. The molecule has 2 aromatic carbocycles. The van der Waals surface area contributed by atoms with Gasteiger partial charge in [-0.2, -0.15) is 4.98 Å². The molecule has 1 aromatic heterocycles. The van der Waals surface area contributed by atoms with E-state index in [-0.39, 0.29) is 12.5 Å². The molecule has 2 N–H and O–H groups in total. The lowest BCUT2D eigenvalue weighted by Crippen LogP contribution is -2.37. The Morgan fingerprint density at radius 2 is 1.72 bits per heavy atom. The Morgan fingerprint density at radius 1 is 1.03 bits per heavy atom. The zero-order valence-electron chi connectivity index (χ0n) is 16.8. The van der Waals surface area contributed by atoms with E-state index in [1.54, 1.807) is 32.2 Å². The van der Waals surface area contributed by atoms with Gasteiger partial charge in [0, 0.05) is 30.9 Å². The molecule has 3 amide bonds. The normalized spacial score (nSPS) is 10.5. The van der Waals surface area contributed by atoms with Crippen molar-refractivity contribution < 1.29 is 14.1 Å². The van der Waals surface area contributed by atoms with E-state index in [2.05, 4.69) is 20.8 Å². The molecule has 0 atom stereocenters. The van der Waals surface area contributed by atoms with Crippen LogP contribution in [0.25, 0.3) is 11.4 Å². The van der Waals surface area contributed by atoms with Crippen LogP contribution in [0.4, 0.5) is 16.2 Å². The Kier molecular flexibility index (Phi) is 5.92. The van der Waals surface area contributed by atoms with Gasteiger partial charge in [-0.05, 0) is 37.1 Å². The van der Waals surface area contributed by atoms with E-state index in [1.165, 1.54) is 4.90 Å². The SMILES string of the molecule is Cc1nc(-c2cccc(NC(=O)N(C)CC(=O)Nc3c(C)cccc3C)c2)no1. The molecule has 3 rings (SSSR count). The number of amides is 3. The molecule has 0 aliphatic heterocycles. The number of nitrogens with one attached hydrogen (secondary N) is 2. The van der Waals surface area contributed by atoms with E-state index in [1.807, 2.05) is 38.1 Å². The van der Waals surface area contributed by atoms with E-state index < -0.39 is 6.03 Å². The van der Waals surface area contributed by atoms with Crippen LogP contribution in [0.2, 0.25) is 0 Å². The number of urea groups is 1. The molecule has 0 saturated carbocycles. The van der Waals surface area contributed by atoms with Crippen molar-refractivity contribution in [1.82, 2.24) is 15.0 Å². The molecule has 0 aliphatic carbocycles. The van der Waals surface area contributed by atoms with Gasteiger partial charge in [0.05, 0.1) is 0 Å². The van der Waals surface area contributed by atoms with Crippen LogP contribution < -0.4 is 10.6 Å². The van der Waals surface area contributed by atoms with Crippen molar-refractivity contribution in [2.24, 2.45) is 0 Å². The largest absolute Gasteiger partial charge is 0.339 e. The summed E-state index contributed by atoms with van der Waals surface area (Å²) in [6, 6.07) is 12.5. The molecule has 0 radical (unpaired) electrons. The highest BCUT2D eigenvalue weighted by Gasteiger charge is 2.15. The molecule has 0 spiro atoms. The first-order valence-electron chi connectivity index (χ1n) is 9.12. The minimum atomic E-state index is -0.400. The summed E-state index contributed by atoms with van der Waals surface area (Å²) in [5.41, 5.74) is 4.00. The molecule has 0 unspecified atom stereocenters. The fourth-order valence-electron chi connectivity index (χ4n) is 2.85. The summed E-state index contributed by atoms with van der Waals surface area (Å²) in [7, 11) is 1.56. The topological polar surface area (TPSA) is 100 Å². The number of carbonyl (C=O) groups excluding carboxylic acids is 2. The van der Waals surface area contributed by atoms with Crippen molar-refractivity contribution in [3.05, 3.63) is 59.5 Å². The molecular weight excluding hydrogens is 370 g/mol. The predicted octanol–water partition coefficient (Wildman–Crippen LogP) is 3.76. The number of benzene rings is 2. The number of hydrogen-bond donors (Lipinski definition) is 2. The van der Waals surface area contributed by atoms with E-state index in [9.17, 15) is 9.59 Å². The molecule has 0 saturated heterocycles. The highest BCUT2D eigenvalue weighted by molar-refractivity contribution is 5.97. The number of rotatable bonds is 5. The van der Waals surface area contributed by atoms with E-state index in [4.69, 9.17) is 4.52 Å². The second kappa shape index (κ2) is 8.55. The minimum absolute atomic E-state index is 0.0800. The zero-order chi connectivity index (χ0) is 21.0. The van der Waals surface area contributed by atoms with Gasteiger partial charge in [-0.15, -0.1) is 0 Å². The lowest BCUT2D eigenvalue weighted by atomic mass is 10.1. The quantitative estimate of drug-likeness (QED) is 0.687.